The first-order valence-corrected chi connectivity index (χ1v) is 8.74. The number of likely N-dealkylation sites (tertiary alicyclic amines) is 1. The second kappa shape index (κ2) is 7.33. The van der Waals surface area contributed by atoms with E-state index in [0.29, 0.717) is 36.8 Å². The number of hydrogen-bond donors (Lipinski definition) is 0. The van der Waals surface area contributed by atoms with Gasteiger partial charge in [0, 0.05) is 18.7 Å². The average molecular weight is 357 g/mol. The lowest BCUT2D eigenvalue weighted by molar-refractivity contribution is -0.00674. The lowest BCUT2D eigenvalue weighted by Crippen LogP contribution is -2.43. The summed E-state index contributed by atoms with van der Waals surface area (Å²) < 4.78 is 29.5. The van der Waals surface area contributed by atoms with Crippen LogP contribution in [0, 0.1) is 5.82 Å². The Bertz CT molecular complexity index is 793. The molecule has 0 radical (unpaired) electrons. The molecule has 4 rings (SSSR count). The van der Waals surface area contributed by atoms with Crippen LogP contribution in [-0.2, 0) is 11.3 Å². The molecule has 26 heavy (non-hydrogen) atoms. The number of carbonyl (C=O) groups excluding carboxylic acids is 1. The Morgan fingerprint density at radius 2 is 1.96 bits per heavy atom. The fraction of sp³-hybridized carbons (Fsp3) is 0.350. The summed E-state index contributed by atoms with van der Waals surface area (Å²) in [6, 6.07) is 11.5. The van der Waals surface area contributed by atoms with Gasteiger partial charge in [-0.1, -0.05) is 12.1 Å². The third kappa shape index (κ3) is 3.65. The van der Waals surface area contributed by atoms with Gasteiger partial charge in [-0.15, -0.1) is 0 Å². The van der Waals surface area contributed by atoms with E-state index in [4.69, 9.17) is 14.2 Å². The number of halogens is 1. The van der Waals surface area contributed by atoms with Gasteiger partial charge in [-0.2, -0.15) is 0 Å². The number of amides is 1. The predicted octanol–water partition coefficient (Wildman–Crippen LogP) is 3.38. The molecule has 1 fully saturated rings. The van der Waals surface area contributed by atoms with Gasteiger partial charge in [-0.3, -0.25) is 4.79 Å². The maximum atomic E-state index is 13.0. The molecule has 6 heteroatoms. The van der Waals surface area contributed by atoms with E-state index in [9.17, 15) is 9.18 Å². The Kier molecular flexibility index (Phi) is 4.75. The lowest BCUT2D eigenvalue weighted by atomic mass is 10.1. The van der Waals surface area contributed by atoms with Crippen LogP contribution in [0.5, 0.6) is 11.5 Å². The third-order valence-corrected chi connectivity index (χ3v) is 4.68. The van der Waals surface area contributed by atoms with Crippen molar-refractivity contribution >= 4 is 5.91 Å². The molecule has 0 saturated carbocycles. The fourth-order valence-electron chi connectivity index (χ4n) is 3.27. The van der Waals surface area contributed by atoms with Gasteiger partial charge in [0.1, 0.15) is 5.82 Å². The highest BCUT2D eigenvalue weighted by Gasteiger charge is 2.26. The van der Waals surface area contributed by atoms with E-state index in [1.54, 1.807) is 30.3 Å². The lowest BCUT2D eigenvalue weighted by Gasteiger charge is -2.32. The summed E-state index contributed by atoms with van der Waals surface area (Å²) in [5.74, 6) is 0.989. The van der Waals surface area contributed by atoms with Crippen LogP contribution in [0.25, 0.3) is 0 Å². The van der Waals surface area contributed by atoms with Crippen molar-refractivity contribution in [2.45, 2.75) is 25.6 Å². The Morgan fingerprint density at radius 3 is 2.81 bits per heavy atom. The number of piperidine rings is 1. The van der Waals surface area contributed by atoms with Crippen LogP contribution in [0.3, 0.4) is 0 Å². The third-order valence-electron chi connectivity index (χ3n) is 4.68. The maximum absolute atomic E-state index is 13.0. The predicted molar refractivity (Wildman–Crippen MR) is 92.7 cm³/mol. The number of nitrogens with zero attached hydrogens (tertiary/aromatic N) is 1. The van der Waals surface area contributed by atoms with Crippen LogP contribution in [0.1, 0.15) is 28.8 Å². The van der Waals surface area contributed by atoms with E-state index in [2.05, 4.69) is 0 Å². The summed E-state index contributed by atoms with van der Waals surface area (Å²) in [6.07, 6.45) is 1.78. The molecular weight excluding hydrogens is 337 g/mol. The first kappa shape index (κ1) is 16.8. The zero-order chi connectivity index (χ0) is 17.9. The van der Waals surface area contributed by atoms with E-state index >= 15 is 0 Å². The summed E-state index contributed by atoms with van der Waals surface area (Å²) in [5.41, 5.74) is 1.51. The van der Waals surface area contributed by atoms with Gasteiger partial charge < -0.3 is 19.1 Å². The van der Waals surface area contributed by atoms with Crippen LogP contribution >= 0.6 is 0 Å². The van der Waals surface area contributed by atoms with Crippen molar-refractivity contribution in [2.24, 2.45) is 0 Å². The highest BCUT2D eigenvalue weighted by molar-refractivity contribution is 5.95. The summed E-state index contributed by atoms with van der Waals surface area (Å²) in [5, 5.41) is 0. The minimum absolute atomic E-state index is 0.0215. The van der Waals surface area contributed by atoms with Gasteiger partial charge in [-0.05, 0) is 48.7 Å². The molecular formula is C20H20FNO4. The SMILES string of the molecule is O=C(c1ccc2c(c1)OCO2)N1CCCC(OCc2ccc(F)cc2)C1. The first-order valence-electron chi connectivity index (χ1n) is 8.74. The Labute approximate surface area is 151 Å². The van der Waals surface area contributed by atoms with E-state index in [1.165, 1.54) is 12.1 Å². The molecule has 2 heterocycles. The van der Waals surface area contributed by atoms with Crippen LogP contribution < -0.4 is 9.47 Å². The second-order valence-corrected chi connectivity index (χ2v) is 6.52. The highest BCUT2D eigenvalue weighted by Crippen LogP contribution is 2.33. The number of rotatable bonds is 4. The molecule has 1 unspecified atom stereocenters. The molecule has 0 bridgehead atoms. The van der Waals surface area contributed by atoms with Crippen molar-refractivity contribution in [3.8, 4) is 11.5 Å². The van der Waals surface area contributed by atoms with E-state index in [1.807, 2.05) is 4.90 Å². The second-order valence-electron chi connectivity index (χ2n) is 6.52. The van der Waals surface area contributed by atoms with Crippen molar-refractivity contribution in [3.05, 3.63) is 59.4 Å². The molecule has 136 valence electrons. The molecule has 2 aromatic rings. The van der Waals surface area contributed by atoms with Crippen LogP contribution in [0.2, 0.25) is 0 Å². The number of ether oxygens (including phenoxy) is 3. The van der Waals surface area contributed by atoms with Crippen LogP contribution in [0.4, 0.5) is 4.39 Å². The maximum Gasteiger partial charge on any atom is 0.254 e. The molecule has 0 N–H and O–H groups in total. The van der Waals surface area contributed by atoms with Gasteiger partial charge in [0.15, 0.2) is 11.5 Å². The molecule has 5 nitrogen and oxygen atoms in total. The Balaban J connectivity index is 1.37. The van der Waals surface area contributed by atoms with E-state index in [-0.39, 0.29) is 24.6 Å². The van der Waals surface area contributed by atoms with Gasteiger partial charge in [0.05, 0.1) is 12.7 Å². The largest absolute Gasteiger partial charge is 0.454 e. The minimum atomic E-state index is -0.257. The number of carbonyl (C=O) groups is 1. The summed E-state index contributed by atoms with van der Waals surface area (Å²) in [7, 11) is 0. The molecule has 2 aromatic carbocycles. The number of fused-ring (bicyclic) bond motifs is 1. The summed E-state index contributed by atoms with van der Waals surface area (Å²) in [6.45, 7) is 1.87. The van der Waals surface area contributed by atoms with Crippen molar-refractivity contribution in [1.29, 1.82) is 0 Å². The van der Waals surface area contributed by atoms with Crippen molar-refractivity contribution < 1.29 is 23.4 Å². The van der Waals surface area contributed by atoms with E-state index in [0.717, 1.165) is 18.4 Å². The molecule has 0 spiro atoms. The molecule has 2 aliphatic rings. The quantitative estimate of drug-likeness (QED) is 0.842. The first-order chi connectivity index (χ1) is 12.7. The van der Waals surface area contributed by atoms with Crippen molar-refractivity contribution in [3.63, 3.8) is 0 Å². The minimum Gasteiger partial charge on any atom is -0.454 e. The fourth-order valence-corrected chi connectivity index (χ4v) is 3.27. The molecule has 0 aromatic heterocycles. The number of hydrogen-bond acceptors (Lipinski definition) is 4. The molecule has 1 atom stereocenters. The monoisotopic (exact) mass is 357 g/mol. The standard InChI is InChI=1S/C20H20FNO4/c21-16-6-3-14(4-7-16)12-24-17-2-1-9-22(11-17)20(23)15-5-8-18-19(10-15)26-13-25-18/h3-8,10,17H,1-2,9,11-13H2. The number of benzene rings is 2. The van der Waals surface area contributed by atoms with Gasteiger partial charge in [-0.25, -0.2) is 4.39 Å². The molecule has 2 aliphatic heterocycles. The summed E-state index contributed by atoms with van der Waals surface area (Å²) >= 11 is 0. The van der Waals surface area contributed by atoms with Gasteiger partial charge in [0.25, 0.3) is 5.91 Å². The molecule has 1 saturated heterocycles. The van der Waals surface area contributed by atoms with Crippen molar-refractivity contribution in [2.75, 3.05) is 19.9 Å². The van der Waals surface area contributed by atoms with Crippen LogP contribution in [-0.4, -0.2) is 36.8 Å². The van der Waals surface area contributed by atoms with Gasteiger partial charge in [0.2, 0.25) is 6.79 Å². The zero-order valence-electron chi connectivity index (χ0n) is 14.3. The molecule has 1 amide bonds. The topological polar surface area (TPSA) is 48.0 Å². The highest BCUT2D eigenvalue weighted by atomic mass is 19.1. The normalized spacial score (nSPS) is 18.8. The van der Waals surface area contributed by atoms with Gasteiger partial charge >= 0.3 is 0 Å². The van der Waals surface area contributed by atoms with E-state index < -0.39 is 0 Å². The summed E-state index contributed by atoms with van der Waals surface area (Å²) in [4.78, 5) is 14.6. The Hall–Kier alpha value is -2.60. The zero-order valence-corrected chi connectivity index (χ0v) is 14.3. The van der Waals surface area contributed by atoms with Crippen LogP contribution in [0.15, 0.2) is 42.5 Å². The van der Waals surface area contributed by atoms with Crippen molar-refractivity contribution in [1.82, 2.24) is 4.90 Å². The smallest absolute Gasteiger partial charge is 0.254 e. The Morgan fingerprint density at radius 1 is 1.15 bits per heavy atom. The average Bonchev–Trinajstić information content (AvgIpc) is 3.15. The molecule has 0 aliphatic carbocycles.